The fourth-order valence-corrected chi connectivity index (χ4v) is 2.35. The van der Waals surface area contributed by atoms with Crippen LogP contribution in [0.2, 0.25) is 0 Å². The van der Waals surface area contributed by atoms with Crippen LogP contribution >= 0.6 is 0 Å². The van der Waals surface area contributed by atoms with Gasteiger partial charge in [0.25, 0.3) is 0 Å². The van der Waals surface area contributed by atoms with Crippen molar-refractivity contribution in [1.82, 2.24) is 0 Å². The molecule has 0 aromatic carbocycles. The molecule has 0 heterocycles. The van der Waals surface area contributed by atoms with E-state index in [0.717, 1.165) is 38.5 Å². The predicted octanol–water partition coefficient (Wildman–Crippen LogP) is 1.20. The Hall–Kier alpha value is -0.0600. The smallest absolute Gasteiger partial charge is 1.00 e. The Kier molecular flexibility index (Phi) is 14.1. The summed E-state index contributed by atoms with van der Waals surface area (Å²) < 4.78 is 0. The Morgan fingerprint density at radius 1 is 0.800 bits per heavy atom. The van der Waals surface area contributed by atoms with Crippen molar-refractivity contribution in [3.8, 4) is 0 Å². The van der Waals surface area contributed by atoms with Gasteiger partial charge in [-0.2, -0.15) is 0 Å². The van der Waals surface area contributed by atoms with Crippen molar-refractivity contribution in [2.45, 2.75) is 78.1 Å². The van der Waals surface area contributed by atoms with E-state index in [9.17, 15) is 19.8 Å². The first-order valence-electron chi connectivity index (χ1n) is 7.48. The summed E-state index contributed by atoms with van der Waals surface area (Å²) in [4.78, 5) is 22.8. The molecular weight excluding hydrogens is 267 g/mol. The van der Waals surface area contributed by atoms with Crippen LogP contribution in [0.15, 0.2) is 0 Å². The van der Waals surface area contributed by atoms with Crippen LogP contribution in [0, 0.1) is 5.41 Å². The number of carbonyl (C=O) groups is 2. The average molecular weight is 296 g/mol. The first kappa shape index (κ1) is 22.2. The van der Waals surface area contributed by atoms with Gasteiger partial charge in [0.2, 0.25) is 0 Å². The van der Waals surface area contributed by atoms with Crippen molar-refractivity contribution >= 4 is 11.9 Å². The number of hydrogen-bond acceptors (Lipinski definition) is 2. The maximum Gasteiger partial charge on any atom is 1.00 e. The molecule has 0 bridgehead atoms. The molecule has 0 rings (SSSR count). The van der Waals surface area contributed by atoms with Crippen LogP contribution in [0.4, 0.5) is 0 Å². The Morgan fingerprint density at radius 3 is 1.40 bits per heavy atom. The summed E-state index contributed by atoms with van der Waals surface area (Å²) in [5.41, 5.74) is -1.57. The minimum atomic E-state index is -1.57. The zero-order chi connectivity index (χ0) is 14.7. The quantitative estimate of drug-likeness (QED) is 0.322. The standard InChI is InChI=1S/C15H28O4.Na.H/c1-3-5-7-9-11-15(13(16)17,14(18)19)12-10-8-6-4-2;;/h3-12H2,1-2H3,(H,16,17)(H,18,19);;/q;+1;-1. The van der Waals surface area contributed by atoms with Gasteiger partial charge in [-0.3, -0.25) is 9.59 Å². The van der Waals surface area contributed by atoms with Gasteiger partial charge in [-0.1, -0.05) is 65.2 Å². The minimum Gasteiger partial charge on any atom is -1.00 e. The monoisotopic (exact) mass is 296 g/mol. The van der Waals surface area contributed by atoms with E-state index in [0.29, 0.717) is 12.8 Å². The van der Waals surface area contributed by atoms with E-state index in [1.165, 1.54) is 0 Å². The van der Waals surface area contributed by atoms with Crippen LogP contribution in [0.25, 0.3) is 0 Å². The summed E-state index contributed by atoms with van der Waals surface area (Å²) in [6.07, 6.45) is 7.87. The zero-order valence-electron chi connectivity index (χ0n) is 14.3. The normalized spacial score (nSPS) is 10.9. The first-order chi connectivity index (χ1) is 9.01. The largest absolute Gasteiger partial charge is 1.00 e. The van der Waals surface area contributed by atoms with Gasteiger partial charge in [0.15, 0.2) is 5.41 Å². The molecule has 0 amide bonds. The first-order valence-corrected chi connectivity index (χ1v) is 7.48. The van der Waals surface area contributed by atoms with Crippen molar-refractivity contribution in [3.63, 3.8) is 0 Å². The van der Waals surface area contributed by atoms with Gasteiger partial charge in [0, 0.05) is 0 Å². The van der Waals surface area contributed by atoms with E-state index < -0.39 is 17.4 Å². The van der Waals surface area contributed by atoms with E-state index >= 15 is 0 Å². The zero-order valence-corrected chi connectivity index (χ0v) is 15.3. The summed E-state index contributed by atoms with van der Waals surface area (Å²) in [5, 5.41) is 18.7. The fraction of sp³-hybridized carbons (Fsp3) is 0.867. The topological polar surface area (TPSA) is 74.6 Å². The molecule has 0 aliphatic rings. The Morgan fingerprint density at radius 2 is 1.15 bits per heavy atom. The molecule has 0 aromatic heterocycles. The Bertz CT molecular complexity index is 257. The van der Waals surface area contributed by atoms with E-state index in [1.54, 1.807) is 0 Å². The van der Waals surface area contributed by atoms with E-state index in [2.05, 4.69) is 13.8 Å². The molecule has 5 heteroatoms. The fourth-order valence-electron chi connectivity index (χ4n) is 2.35. The number of unbranched alkanes of at least 4 members (excludes halogenated alkanes) is 6. The molecule has 20 heavy (non-hydrogen) atoms. The number of hydrogen-bond donors (Lipinski definition) is 2. The molecule has 0 saturated heterocycles. The van der Waals surface area contributed by atoms with Crippen LogP contribution < -0.4 is 29.6 Å². The van der Waals surface area contributed by atoms with Crippen molar-refractivity contribution in [3.05, 3.63) is 0 Å². The van der Waals surface area contributed by atoms with Crippen molar-refractivity contribution in [2.75, 3.05) is 0 Å². The molecule has 0 unspecified atom stereocenters. The summed E-state index contributed by atoms with van der Waals surface area (Å²) >= 11 is 0. The third-order valence-electron chi connectivity index (χ3n) is 3.73. The molecule has 0 saturated carbocycles. The molecule has 0 aromatic rings. The molecule has 0 radical (unpaired) electrons. The molecule has 0 atom stereocenters. The summed E-state index contributed by atoms with van der Waals surface area (Å²) in [6, 6.07) is 0. The van der Waals surface area contributed by atoms with Crippen LogP contribution in [-0.2, 0) is 9.59 Å². The van der Waals surface area contributed by atoms with Gasteiger partial charge in [0.1, 0.15) is 0 Å². The summed E-state index contributed by atoms with van der Waals surface area (Å²) in [7, 11) is 0. The van der Waals surface area contributed by atoms with Crippen molar-refractivity contribution < 1.29 is 50.8 Å². The Balaban J connectivity index is -0.00000162. The van der Waals surface area contributed by atoms with Gasteiger partial charge < -0.3 is 11.6 Å². The SMILES string of the molecule is CCCCCCC(CCCCCC)(C(=O)O)C(=O)O.[H-].[Na+]. The number of rotatable bonds is 12. The third kappa shape index (κ3) is 7.65. The van der Waals surface area contributed by atoms with E-state index in [-0.39, 0.29) is 43.8 Å². The number of carboxylic acid groups (broad SMARTS) is 2. The molecule has 0 fully saturated rings. The molecule has 0 aliphatic carbocycles. The molecule has 0 spiro atoms. The second kappa shape index (κ2) is 12.7. The van der Waals surface area contributed by atoms with Gasteiger partial charge in [-0.05, 0) is 12.8 Å². The Labute approximate surface area is 146 Å². The third-order valence-corrected chi connectivity index (χ3v) is 3.73. The van der Waals surface area contributed by atoms with Crippen LogP contribution in [0.3, 0.4) is 0 Å². The van der Waals surface area contributed by atoms with E-state index in [1.807, 2.05) is 0 Å². The van der Waals surface area contributed by atoms with Gasteiger partial charge in [0.05, 0.1) is 0 Å². The average Bonchev–Trinajstić information content (AvgIpc) is 2.36. The summed E-state index contributed by atoms with van der Waals surface area (Å²) in [5.74, 6) is -2.35. The number of aliphatic carboxylic acids is 2. The van der Waals surface area contributed by atoms with Crippen molar-refractivity contribution in [1.29, 1.82) is 0 Å². The van der Waals surface area contributed by atoms with Crippen LogP contribution in [0.5, 0.6) is 0 Å². The molecule has 2 N–H and O–H groups in total. The predicted molar refractivity (Wildman–Crippen MR) is 76.3 cm³/mol. The maximum absolute atomic E-state index is 11.4. The second-order valence-corrected chi connectivity index (χ2v) is 5.31. The molecule has 0 aliphatic heterocycles. The number of carboxylic acids is 2. The minimum absolute atomic E-state index is 0. The van der Waals surface area contributed by atoms with Gasteiger partial charge >= 0.3 is 41.5 Å². The second-order valence-electron chi connectivity index (χ2n) is 5.31. The maximum atomic E-state index is 11.4. The van der Waals surface area contributed by atoms with Gasteiger partial charge in [-0.15, -0.1) is 0 Å². The van der Waals surface area contributed by atoms with E-state index in [4.69, 9.17) is 0 Å². The molecule has 4 nitrogen and oxygen atoms in total. The van der Waals surface area contributed by atoms with Gasteiger partial charge in [-0.25, -0.2) is 0 Å². The summed E-state index contributed by atoms with van der Waals surface area (Å²) in [6.45, 7) is 4.15. The van der Waals surface area contributed by atoms with Crippen molar-refractivity contribution in [2.24, 2.45) is 5.41 Å². The molecular formula is C15H29NaO4. The molecule has 114 valence electrons. The van der Waals surface area contributed by atoms with Crippen LogP contribution in [-0.4, -0.2) is 22.2 Å². The van der Waals surface area contributed by atoms with Crippen LogP contribution in [0.1, 0.15) is 79.5 Å².